The Morgan fingerprint density at radius 1 is 1.06 bits per heavy atom. The third-order valence-electron chi connectivity index (χ3n) is 4.53. The van der Waals surface area contributed by atoms with Gasteiger partial charge in [0, 0.05) is 47.3 Å². The van der Waals surface area contributed by atoms with Crippen molar-refractivity contribution in [1.82, 2.24) is 4.98 Å². The third-order valence-corrected chi connectivity index (χ3v) is 5.64. The van der Waals surface area contributed by atoms with Crippen molar-refractivity contribution in [3.05, 3.63) is 89.8 Å². The van der Waals surface area contributed by atoms with Crippen LogP contribution in [0.15, 0.2) is 72.6 Å². The van der Waals surface area contributed by atoms with Crippen LogP contribution in [0.25, 0.3) is 31.8 Å². The molecule has 4 aromatic rings. The molecule has 0 atom stereocenters. The first-order chi connectivity index (χ1) is 14.3. The van der Waals surface area contributed by atoms with Gasteiger partial charge in [0.25, 0.3) is 0 Å². The first-order valence-corrected chi connectivity index (χ1v) is 10.5. The maximum atomic E-state index is 10.0. The topological polar surface area (TPSA) is 50.2 Å². The summed E-state index contributed by atoms with van der Waals surface area (Å²) in [5.74, 6) is -0.0625. The van der Waals surface area contributed by atoms with Gasteiger partial charge in [0.05, 0.1) is 5.76 Å². The van der Waals surface area contributed by atoms with E-state index in [-0.39, 0.29) is 31.6 Å². The molecule has 0 fully saturated rings. The van der Waals surface area contributed by atoms with Crippen molar-refractivity contribution in [2.45, 2.75) is 27.7 Å². The van der Waals surface area contributed by atoms with Crippen LogP contribution in [-0.2, 0) is 24.9 Å². The number of benzene rings is 2. The SMILES string of the molecule is CC(=O)/C=C(/C)O.Cc1cccc(C)c1-c1cc2cnc(-c3[c-]cccc3)cc2s1.[Ir]. The van der Waals surface area contributed by atoms with Crippen LogP contribution >= 0.6 is 11.3 Å². The second-order valence-electron chi connectivity index (χ2n) is 7.16. The summed E-state index contributed by atoms with van der Waals surface area (Å²) in [4.78, 5) is 15.9. The Labute approximate surface area is 200 Å². The molecule has 0 saturated carbocycles. The Hall–Kier alpha value is -2.59. The number of carbonyl (C=O) groups is 1. The van der Waals surface area contributed by atoms with Crippen molar-refractivity contribution in [3.63, 3.8) is 0 Å². The summed E-state index contributed by atoms with van der Waals surface area (Å²) in [7, 11) is 0. The molecule has 2 aromatic heterocycles. The number of aliphatic hydroxyl groups excluding tert-OH is 1. The molecule has 1 radical (unpaired) electrons. The molecule has 2 heterocycles. The molecule has 5 heteroatoms. The molecule has 3 nitrogen and oxygen atoms in total. The molecule has 0 aliphatic heterocycles. The number of hydrogen-bond donors (Lipinski definition) is 1. The minimum atomic E-state index is -0.125. The minimum absolute atomic E-state index is 0. The van der Waals surface area contributed by atoms with Crippen LogP contribution in [-0.4, -0.2) is 15.9 Å². The second-order valence-corrected chi connectivity index (χ2v) is 8.24. The van der Waals surface area contributed by atoms with Gasteiger partial charge in [-0.25, -0.2) is 0 Å². The number of carbonyl (C=O) groups excluding carboxylic acids is 1. The summed E-state index contributed by atoms with van der Waals surface area (Å²) in [5, 5.41) is 9.56. The van der Waals surface area contributed by atoms with E-state index in [1.165, 1.54) is 51.6 Å². The minimum Gasteiger partial charge on any atom is -0.512 e. The molecule has 161 valence electrons. The fourth-order valence-corrected chi connectivity index (χ4v) is 4.50. The molecule has 0 amide bonds. The first-order valence-electron chi connectivity index (χ1n) is 9.66. The first kappa shape index (κ1) is 24.7. The number of hydrogen-bond acceptors (Lipinski definition) is 4. The number of rotatable bonds is 3. The largest absolute Gasteiger partial charge is 0.512 e. The Morgan fingerprint density at radius 2 is 1.77 bits per heavy atom. The number of nitrogens with zero attached hydrogens (tertiary/aromatic N) is 1. The Kier molecular flexibility index (Phi) is 8.87. The van der Waals surface area contributed by atoms with E-state index in [0.29, 0.717) is 0 Å². The Bertz CT molecular complexity index is 1190. The number of aliphatic hydroxyl groups is 1. The fraction of sp³-hybridized carbons (Fsp3) is 0.154. The zero-order chi connectivity index (χ0) is 21.7. The van der Waals surface area contributed by atoms with E-state index in [2.05, 4.69) is 55.2 Å². The number of pyridine rings is 1. The monoisotopic (exact) mass is 607 g/mol. The van der Waals surface area contributed by atoms with Gasteiger partial charge in [0.15, 0.2) is 5.78 Å². The number of allylic oxidation sites excluding steroid dienone is 2. The molecule has 2 aromatic carbocycles. The predicted molar refractivity (Wildman–Crippen MR) is 126 cm³/mol. The van der Waals surface area contributed by atoms with Crippen LogP contribution in [0.3, 0.4) is 0 Å². The van der Waals surface area contributed by atoms with E-state index in [1.54, 1.807) is 0 Å². The van der Waals surface area contributed by atoms with Crippen molar-refractivity contribution in [3.8, 4) is 21.7 Å². The summed E-state index contributed by atoms with van der Waals surface area (Å²) < 4.78 is 1.27. The predicted octanol–water partition coefficient (Wildman–Crippen LogP) is 7.08. The number of ketones is 1. The zero-order valence-electron chi connectivity index (χ0n) is 17.9. The number of aromatic nitrogens is 1. The van der Waals surface area contributed by atoms with E-state index >= 15 is 0 Å². The van der Waals surface area contributed by atoms with Gasteiger partial charge >= 0.3 is 0 Å². The van der Waals surface area contributed by atoms with Crippen LogP contribution in [0.5, 0.6) is 0 Å². The molecule has 1 N–H and O–H groups in total. The quantitative estimate of drug-likeness (QED) is 0.154. The van der Waals surface area contributed by atoms with Gasteiger partial charge in [-0.15, -0.1) is 47.2 Å². The fourth-order valence-electron chi connectivity index (χ4n) is 3.25. The summed E-state index contributed by atoms with van der Waals surface area (Å²) in [6, 6.07) is 22.1. The smallest absolute Gasteiger partial charge is 0.155 e. The van der Waals surface area contributed by atoms with Gasteiger partial charge < -0.3 is 10.1 Å². The van der Waals surface area contributed by atoms with Gasteiger partial charge in [-0.3, -0.25) is 4.79 Å². The normalized spacial score (nSPS) is 10.8. The molecule has 0 spiro atoms. The van der Waals surface area contributed by atoms with Gasteiger partial charge in [0.2, 0.25) is 0 Å². The van der Waals surface area contributed by atoms with E-state index in [0.717, 1.165) is 11.3 Å². The zero-order valence-corrected chi connectivity index (χ0v) is 21.1. The van der Waals surface area contributed by atoms with Gasteiger partial charge in [-0.2, -0.15) is 0 Å². The average Bonchev–Trinajstić information content (AvgIpc) is 3.10. The van der Waals surface area contributed by atoms with Crippen molar-refractivity contribution < 1.29 is 30.0 Å². The van der Waals surface area contributed by atoms with E-state index in [1.807, 2.05) is 41.8 Å². The standard InChI is InChI=1S/C21H16NS.C5H8O2.Ir/c1-14-7-6-8-15(2)21(14)20-11-17-13-22-18(12-19(17)23-20)16-9-4-3-5-10-16;1-4(6)3-5(2)7;/h3-9,11-13H,1-2H3;3,6H,1-2H3;/q-1;;/b;4-3-;. The molecule has 31 heavy (non-hydrogen) atoms. The maximum Gasteiger partial charge on any atom is 0.155 e. The van der Waals surface area contributed by atoms with E-state index in [9.17, 15) is 4.79 Å². The second kappa shape index (κ2) is 11.1. The van der Waals surface area contributed by atoms with Crippen molar-refractivity contribution in [1.29, 1.82) is 0 Å². The van der Waals surface area contributed by atoms with Crippen LogP contribution in [0.2, 0.25) is 0 Å². The summed E-state index contributed by atoms with van der Waals surface area (Å²) >= 11 is 1.83. The Morgan fingerprint density at radius 3 is 2.32 bits per heavy atom. The molecular formula is C26H24IrNO2S-. The number of thiophene rings is 1. The van der Waals surface area contributed by atoms with Crippen molar-refractivity contribution in [2.24, 2.45) is 0 Å². The number of aryl methyl sites for hydroxylation is 2. The summed E-state index contributed by atoms with van der Waals surface area (Å²) in [6.45, 7) is 7.20. The van der Waals surface area contributed by atoms with Crippen LogP contribution < -0.4 is 0 Å². The molecule has 4 rings (SSSR count). The maximum absolute atomic E-state index is 10.0. The van der Waals surface area contributed by atoms with Gasteiger partial charge in [-0.1, -0.05) is 24.3 Å². The Balaban J connectivity index is 0.000000373. The average molecular weight is 607 g/mol. The van der Waals surface area contributed by atoms with E-state index < -0.39 is 0 Å². The van der Waals surface area contributed by atoms with Crippen LogP contribution in [0, 0.1) is 19.9 Å². The number of fused-ring (bicyclic) bond motifs is 1. The summed E-state index contributed by atoms with van der Waals surface area (Å²) in [5.41, 5.74) is 6.01. The summed E-state index contributed by atoms with van der Waals surface area (Å²) in [6.07, 6.45) is 3.14. The van der Waals surface area contributed by atoms with Crippen LogP contribution in [0.1, 0.15) is 25.0 Å². The third kappa shape index (κ3) is 6.44. The van der Waals surface area contributed by atoms with Gasteiger partial charge in [0.1, 0.15) is 0 Å². The van der Waals surface area contributed by atoms with Gasteiger partial charge in [-0.05, 0) is 56.1 Å². The molecular weight excluding hydrogens is 583 g/mol. The van der Waals surface area contributed by atoms with E-state index in [4.69, 9.17) is 5.11 Å². The molecule has 0 unspecified atom stereocenters. The molecule has 0 aliphatic rings. The van der Waals surface area contributed by atoms with Crippen molar-refractivity contribution >= 4 is 27.2 Å². The molecule has 0 aliphatic carbocycles. The van der Waals surface area contributed by atoms with Crippen LogP contribution in [0.4, 0.5) is 0 Å². The van der Waals surface area contributed by atoms with Crippen molar-refractivity contribution in [2.75, 3.05) is 0 Å². The molecule has 0 bridgehead atoms. The molecule has 0 saturated heterocycles.